The highest BCUT2D eigenvalue weighted by molar-refractivity contribution is 5.91. The van der Waals surface area contributed by atoms with Crippen molar-refractivity contribution in [3.63, 3.8) is 0 Å². The lowest BCUT2D eigenvalue weighted by atomic mass is 9.97. The van der Waals surface area contributed by atoms with Crippen molar-refractivity contribution in [1.82, 2.24) is 9.80 Å². The Balaban J connectivity index is 1.44. The van der Waals surface area contributed by atoms with Gasteiger partial charge in [-0.25, -0.2) is 4.79 Å². The smallest absolute Gasteiger partial charge is 0.338 e. The Labute approximate surface area is 213 Å². The van der Waals surface area contributed by atoms with Gasteiger partial charge in [0, 0.05) is 45.5 Å². The number of carbonyl (C=O) groups is 3. The quantitative estimate of drug-likeness (QED) is 0.493. The second-order valence-electron chi connectivity index (χ2n) is 9.63. The Morgan fingerprint density at radius 3 is 2.08 bits per heavy atom. The van der Waals surface area contributed by atoms with Crippen LogP contribution in [0.25, 0.3) is 0 Å². The van der Waals surface area contributed by atoms with Crippen LogP contribution in [0, 0.1) is 0 Å². The molecular weight excluding hydrogens is 458 g/mol. The van der Waals surface area contributed by atoms with E-state index < -0.39 is 5.97 Å². The van der Waals surface area contributed by atoms with Crippen LogP contribution in [0.15, 0.2) is 48.5 Å². The predicted molar refractivity (Wildman–Crippen MR) is 139 cm³/mol. The Morgan fingerprint density at radius 2 is 1.50 bits per heavy atom. The molecule has 1 aliphatic heterocycles. The lowest BCUT2D eigenvalue weighted by molar-refractivity contribution is -0.139. The molecule has 2 amide bonds. The van der Waals surface area contributed by atoms with Gasteiger partial charge >= 0.3 is 5.97 Å². The zero-order valence-corrected chi connectivity index (χ0v) is 21.9. The third-order valence-electron chi connectivity index (χ3n) is 6.56. The van der Waals surface area contributed by atoms with Crippen molar-refractivity contribution in [3.8, 4) is 5.75 Å². The molecular formula is C28H37N3O5. The molecule has 0 saturated carbocycles. The molecule has 1 saturated heterocycles. The van der Waals surface area contributed by atoms with Gasteiger partial charge in [-0.05, 0) is 75.1 Å². The number of esters is 1. The van der Waals surface area contributed by atoms with Crippen molar-refractivity contribution < 1.29 is 23.9 Å². The van der Waals surface area contributed by atoms with Crippen LogP contribution in [0.5, 0.6) is 5.75 Å². The topological polar surface area (TPSA) is 79.4 Å². The summed E-state index contributed by atoms with van der Waals surface area (Å²) in [6.45, 7) is 4.17. The number of likely N-dealkylation sites (N-methyl/N-ethyl adjacent to an activating group) is 1. The second-order valence-corrected chi connectivity index (χ2v) is 9.63. The van der Waals surface area contributed by atoms with Gasteiger partial charge in [-0.15, -0.1) is 0 Å². The van der Waals surface area contributed by atoms with Crippen molar-refractivity contribution in [2.75, 3.05) is 39.3 Å². The number of rotatable bonds is 9. The van der Waals surface area contributed by atoms with E-state index in [2.05, 4.69) is 13.8 Å². The van der Waals surface area contributed by atoms with Crippen LogP contribution in [0.2, 0.25) is 0 Å². The summed E-state index contributed by atoms with van der Waals surface area (Å²) >= 11 is 0. The summed E-state index contributed by atoms with van der Waals surface area (Å²) in [6.07, 6.45) is 3.15. The maximum atomic E-state index is 12.6. The first-order valence-electron chi connectivity index (χ1n) is 12.4. The summed E-state index contributed by atoms with van der Waals surface area (Å²) in [7, 11) is 5.62. The average molecular weight is 496 g/mol. The van der Waals surface area contributed by atoms with E-state index >= 15 is 0 Å². The number of carbonyl (C=O) groups excluding carboxylic acids is 3. The number of hydrogen-bond acceptors (Lipinski definition) is 6. The van der Waals surface area contributed by atoms with E-state index in [1.807, 2.05) is 48.2 Å². The van der Waals surface area contributed by atoms with E-state index in [-0.39, 0.29) is 37.1 Å². The van der Waals surface area contributed by atoms with E-state index in [0.29, 0.717) is 17.9 Å². The van der Waals surface area contributed by atoms with Gasteiger partial charge in [0.2, 0.25) is 0 Å². The number of nitrogens with zero attached hydrogens (tertiary/aromatic N) is 3. The summed E-state index contributed by atoms with van der Waals surface area (Å²) in [5, 5.41) is 0. The molecule has 0 aromatic heterocycles. The average Bonchev–Trinajstić information content (AvgIpc) is 2.86. The van der Waals surface area contributed by atoms with Gasteiger partial charge in [0.25, 0.3) is 11.8 Å². The summed E-state index contributed by atoms with van der Waals surface area (Å²) in [5.41, 5.74) is 2.37. The number of benzene rings is 2. The van der Waals surface area contributed by atoms with Gasteiger partial charge in [0.05, 0.1) is 5.56 Å². The zero-order valence-electron chi connectivity index (χ0n) is 21.9. The van der Waals surface area contributed by atoms with Gasteiger partial charge < -0.3 is 24.2 Å². The normalized spacial score (nSPS) is 17.3. The Bertz CT molecular complexity index is 1030. The molecule has 1 aliphatic rings. The van der Waals surface area contributed by atoms with Crippen LogP contribution < -0.4 is 9.64 Å². The largest absolute Gasteiger partial charge is 0.484 e. The molecule has 1 heterocycles. The van der Waals surface area contributed by atoms with Gasteiger partial charge in [0.15, 0.2) is 13.2 Å². The SMILES string of the molecule is CC1CCCC(C)N1C(=O)COc1ccc(C(=O)OCC(=O)N(C)Cc2ccc(N(C)C)cc2)cc1. The van der Waals surface area contributed by atoms with Crippen LogP contribution >= 0.6 is 0 Å². The first-order valence-corrected chi connectivity index (χ1v) is 12.4. The summed E-state index contributed by atoms with van der Waals surface area (Å²) in [5.74, 6) is -0.423. The molecule has 8 nitrogen and oxygen atoms in total. The van der Waals surface area contributed by atoms with E-state index in [4.69, 9.17) is 9.47 Å². The minimum atomic E-state index is -0.592. The van der Waals surface area contributed by atoms with Gasteiger partial charge in [-0.1, -0.05) is 12.1 Å². The molecule has 2 atom stereocenters. The fraction of sp³-hybridized carbons (Fsp3) is 0.464. The number of anilines is 1. The molecule has 0 bridgehead atoms. The summed E-state index contributed by atoms with van der Waals surface area (Å²) in [6, 6.07) is 14.7. The maximum absolute atomic E-state index is 12.6. The van der Waals surface area contributed by atoms with Crippen LogP contribution in [0.1, 0.15) is 49.0 Å². The molecule has 2 aromatic carbocycles. The van der Waals surface area contributed by atoms with Gasteiger partial charge in [-0.2, -0.15) is 0 Å². The minimum absolute atomic E-state index is 0.0329. The molecule has 2 unspecified atom stereocenters. The summed E-state index contributed by atoms with van der Waals surface area (Å²) < 4.78 is 10.9. The molecule has 36 heavy (non-hydrogen) atoms. The minimum Gasteiger partial charge on any atom is -0.484 e. The fourth-order valence-electron chi connectivity index (χ4n) is 4.40. The van der Waals surface area contributed by atoms with Crippen LogP contribution in [-0.2, 0) is 20.9 Å². The maximum Gasteiger partial charge on any atom is 0.338 e. The Morgan fingerprint density at radius 1 is 0.889 bits per heavy atom. The highest BCUT2D eigenvalue weighted by Crippen LogP contribution is 2.23. The number of amides is 2. The Kier molecular flexibility index (Phi) is 9.33. The molecule has 3 rings (SSSR count). The highest BCUT2D eigenvalue weighted by Gasteiger charge is 2.29. The summed E-state index contributed by atoms with van der Waals surface area (Å²) in [4.78, 5) is 42.9. The monoisotopic (exact) mass is 495 g/mol. The first kappa shape index (κ1) is 27.0. The molecule has 1 fully saturated rings. The van der Waals surface area contributed by atoms with E-state index in [1.165, 1.54) is 4.90 Å². The van der Waals surface area contributed by atoms with E-state index in [0.717, 1.165) is 30.5 Å². The molecule has 0 spiro atoms. The number of hydrogen-bond donors (Lipinski definition) is 0. The van der Waals surface area contributed by atoms with Gasteiger partial charge in [-0.3, -0.25) is 9.59 Å². The lowest BCUT2D eigenvalue weighted by Gasteiger charge is -2.38. The van der Waals surface area contributed by atoms with Gasteiger partial charge in [0.1, 0.15) is 5.75 Å². The van der Waals surface area contributed by atoms with Crippen molar-refractivity contribution in [2.45, 2.75) is 51.7 Å². The van der Waals surface area contributed by atoms with E-state index in [9.17, 15) is 14.4 Å². The van der Waals surface area contributed by atoms with Crippen molar-refractivity contribution >= 4 is 23.5 Å². The second kappa shape index (κ2) is 12.4. The fourth-order valence-corrected chi connectivity index (χ4v) is 4.40. The number of likely N-dealkylation sites (tertiary alicyclic amines) is 1. The van der Waals surface area contributed by atoms with Crippen molar-refractivity contribution in [1.29, 1.82) is 0 Å². The molecule has 194 valence electrons. The van der Waals surface area contributed by atoms with Crippen molar-refractivity contribution in [2.24, 2.45) is 0 Å². The molecule has 0 radical (unpaired) electrons. The predicted octanol–water partition coefficient (Wildman–Crippen LogP) is 3.74. The van der Waals surface area contributed by atoms with Crippen molar-refractivity contribution in [3.05, 3.63) is 59.7 Å². The molecule has 2 aromatic rings. The van der Waals surface area contributed by atoms with Crippen LogP contribution in [0.3, 0.4) is 0 Å². The van der Waals surface area contributed by atoms with Crippen LogP contribution in [0.4, 0.5) is 5.69 Å². The highest BCUT2D eigenvalue weighted by atomic mass is 16.5. The molecule has 0 N–H and O–H groups in total. The van der Waals surface area contributed by atoms with E-state index in [1.54, 1.807) is 31.3 Å². The first-order chi connectivity index (χ1) is 17.2. The zero-order chi connectivity index (χ0) is 26.2. The number of ether oxygens (including phenoxy) is 2. The third-order valence-corrected chi connectivity index (χ3v) is 6.56. The lowest BCUT2D eigenvalue weighted by Crippen LogP contribution is -2.49. The molecule has 0 aliphatic carbocycles. The number of piperidine rings is 1. The standard InChI is InChI=1S/C28H37N3O5/c1-20-7-6-8-21(2)31(20)27(33)19-35-25-15-11-23(12-16-25)28(34)36-18-26(32)30(5)17-22-9-13-24(14-10-22)29(3)4/h9-16,20-21H,6-8,17-19H2,1-5H3. The van der Waals surface area contributed by atoms with Crippen LogP contribution in [-0.4, -0.2) is 74.0 Å². The third kappa shape index (κ3) is 7.23. The Hall–Kier alpha value is -3.55. The molecule has 8 heteroatoms.